The molecule has 0 aliphatic carbocycles. The van der Waals surface area contributed by atoms with Crippen molar-refractivity contribution in [1.29, 1.82) is 0 Å². The molecule has 0 aliphatic rings. The zero-order valence-electron chi connectivity index (χ0n) is 11.3. The molecular formula is C16H17BrClN. The van der Waals surface area contributed by atoms with Gasteiger partial charge in [-0.25, -0.2) is 0 Å². The first-order valence-electron chi connectivity index (χ1n) is 6.26. The third-order valence-corrected chi connectivity index (χ3v) is 4.65. The highest BCUT2D eigenvalue weighted by molar-refractivity contribution is 9.10. The first kappa shape index (κ1) is 14.4. The Hall–Kier alpha value is -0.990. The van der Waals surface area contributed by atoms with E-state index in [-0.39, 0.29) is 6.04 Å². The molecule has 0 bridgehead atoms. The first-order valence-corrected chi connectivity index (χ1v) is 7.43. The minimum absolute atomic E-state index is 0.221. The van der Waals surface area contributed by atoms with Gasteiger partial charge in [0, 0.05) is 21.2 Å². The molecule has 100 valence electrons. The number of anilines is 1. The van der Waals surface area contributed by atoms with Crippen LogP contribution >= 0.6 is 27.5 Å². The summed E-state index contributed by atoms with van der Waals surface area (Å²) in [6.45, 7) is 6.34. The predicted octanol–water partition coefficient (Wildman–Crippen LogP) is 5.89. The summed E-state index contributed by atoms with van der Waals surface area (Å²) < 4.78 is 1.17. The molecule has 0 aliphatic heterocycles. The molecular weight excluding hydrogens is 322 g/mol. The van der Waals surface area contributed by atoms with Gasteiger partial charge in [-0.05, 0) is 61.7 Å². The molecule has 0 aromatic heterocycles. The molecule has 2 aromatic carbocycles. The van der Waals surface area contributed by atoms with E-state index in [1.54, 1.807) is 0 Å². The Bertz CT molecular complexity index is 572. The maximum Gasteiger partial charge on any atom is 0.0486 e. The van der Waals surface area contributed by atoms with Crippen LogP contribution in [0, 0.1) is 13.8 Å². The maximum atomic E-state index is 6.03. The lowest BCUT2D eigenvalue weighted by Gasteiger charge is -2.17. The maximum absolute atomic E-state index is 6.03. The summed E-state index contributed by atoms with van der Waals surface area (Å²) >= 11 is 9.62. The van der Waals surface area contributed by atoms with Crippen molar-refractivity contribution in [2.45, 2.75) is 26.8 Å². The molecule has 1 unspecified atom stereocenters. The van der Waals surface area contributed by atoms with Gasteiger partial charge in [0.15, 0.2) is 0 Å². The fraction of sp³-hybridized carbons (Fsp3) is 0.250. The number of rotatable bonds is 3. The third kappa shape index (κ3) is 3.52. The van der Waals surface area contributed by atoms with Crippen molar-refractivity contribution in [3.05, 3.63) is 62.6 Å². The molecule has 2 rings (SSSR count). The Morgan fingerprint density at radius 3 is 2.32 bits per heavy atom. The fourth-order valence-corrected chi connectivity index (χ4v) is 2.57. The minimum Gasteiger partial charge on any atom is -0.379 e. The van der Waals surface area contributed by atoms with E-state index in [2.05, 4.69) is 60.2 Å². The van der Waals surface area contributed by atoms with E-state index in [1.807, 2.05) is 18.2 Å². The van der Waals surface area contributed by atoms with Gasteiger partial charge in [-0.3, -0.25) is 0 Å². The zero-order chi connectivity index (χ0) is 14.0. The number of halogens is 2. The molecule has 0 spiro atoms. The quantitative estimate of drug-likeness (QED) is 0.735. The second kappa shape index (κ2) is 5.98. The summed E-state index contributed by atoms with van der Waals surface area (Å²) in [5.41, 5.74) is 4.79. The van der Waals surface area contributed by atoms with Crippen molar-refractivity contribution in [2.24, 2.45) is 0 Å². The molecule has 0 saturated heterocycles. The highest BCUT2D eigenvalue weighted by Crippen LogP contribution is 2.28. The number of benzene rings is 2. The molecule has 0 heterocycles. The van der Waals surface area contributed by atoms with Crippen molar-refractivity contribution < 1.29 is 0 Å². The summed E-state index contributed by atoms with van der Waals surface area (Å²) in [5.74, 6) is 0. The zero-order valence-corrected chi connectivity index (χ0v) is 13.6. The van der Waals surface area contributed by atoms with Crippen molar-refractivity contribution >= 4 is 33.2 Å². The fourth-order valence-electron chi connectivity index (χ4n) is 2.14. The lowest BCUT2D eigenvalue weighted by molar-refractivity contribution is 0.884. The number of hydrogen-bond acceptors (Lipinski definition) is 1. The van der Waals surface area contributed by atoms with Gasteiger partial charge in [0.2, 0.25) is 0 Å². The van der Waals surface area contributed by atoms with Crippen LogP contribution in [0.2, 0.25) is 5.02 Å². The van der Waals surface area contributed by atoms with E-state index in [0.29, 0.717) is 0 Å². The second-order valence-corrected chi connectivity index (χ2v) is 6.07. The first-order chi connectivity index (χ1) is 8.97. The van der Waals surface area contributed by atoms with Crippen LogP contribution in [0.5, 0.6) is 0 Å². The number of hydrogen-bond donors (Lipinski definition) is 1. The summed E-state index contributed by atoms with van der Waals surface area (Å²) in [7, 11) is 0. The average Bonchev–Trinajstić information content (AvgIpc) is 2.36. The molecule has 0 radical (unpaired) electrons. The van der Waals surface area contributed by atoms with E-state index in [0.717, 1.165) is 10.7 Å². The van der Waals surface area contributed by atoms with Crippen LogP contribution < -0.4 is 5.32 Å². The van der Waals surface area contributed by atoms with Crippen molar-refractivity contribution in [1.82, 2.24) is 0 Å². The highest BCUT2D eigenvalue weighted by atomic mass is 79.9. The molecule has 2 aromatic rings. The number of nitrogens with one attached hydrogen (secondary N) is 1. The van der Waals surface area contributed by atoms with E-state index in [1.165, 1.54) is 21.2 Å². The second-order valence-electron chi connectivity index (χ2n) is 4.85. The molecule has 1 nitrogen and oxygen atoms in total. The number of aryl methyl sites for hydroxylation is 2. The smallest absolute Gasteiger partial charge is 0.0486 e. The molecule has 1 atom stereocenters. The van der Waals surface area contributed by atoms with Crippen LogP contribution in [0.1, 0.15) is 29.7 Å². The van der Waals surface area contributed by atoms with Crippen LogP contribution in [0.3, 0.4) is 0 Å². The van der Waals surface area contributed by atoms with Gasteiger partial charge in [0.05, 0.1) is 0 Å². The topological polar surface area (TPSA) is 12.0 Å². The third-order valence-electron chi connectivity index (χ3n) is 3.17. The van der Waals surface area contributed by atoms with Gasteiger partial charge in [0.25, 0.3) is 0 Å². The molecule has 0 fully saturated rings. The summed E-state index contributed by atoms with van der Waals surface area (Å²) in [4.78, 5) is 0. The molecule has 0 saturated carbocycles. The normalized spacial score (nSPS) is 12.3. The van der Waals surface area contributed by atoms with Crippen LogP contribution in [0.25, 0.3) is 0 Å². The predicted molar refractivity (Wildman–Crippen MR) is 87.1 cm³/mol. The van der Waals surface area contributed by atoms with E-state index in [4.69, 9.17) is 11.6 Å². The van der Waals surface area contributed by atoms with E-state index in [9.17, 15) is 0 Å². The lowest BCUT2D eigenvalue weighted by atomic mass is 10.1. The highest BCUT2D eigenvalue weighted by Gasteiger charge is 2.08. The Balaban J connectivity index is 2.21. The van der Waals surface area contributed by atoms with Gasteiger partial charge in [0.1, 0.15) is 0 Å². The van der Waals surface area contributed by atoms with Crippen LogP contribution in [0.4, 0.5) is 5.69 Å². The van der Waals surface area contributed by atoms with Gasteiger partial charge in [-0.1, -0.05) is 39.7 Å². The minimum atomic E-state index is 0.221. The van der Waals surface area contributed by atoms with Crippen LogP contribution in [-0.2, 0) is 0 Å². The van der Waals surface area contributed by atoms with Crippen molar-refractivity contribution in [3.63, 3.8) is 0 Å². The molecule has 3 heteroatoms. The Kier molecular flexibility index (Phi) is 4.54. The van der Waals surface area contributed by atoms with Crippen LogP contribution in [0.15, 0.2) is 40.9 Å². The Morgan fingerprint density at radius 2 is 1.74 bits per heavy atom. The van der Waals surface area contributed by atoms with Crippen molar-refractivity contribution in [2.75, 3.05) is 5.32 Å². The van der Waals surface area contributed by atoms with Gasteiger partial charge >= 0.3 is 0 Å². The molecule has 1 N–H and O–H groups in total. The monoisotopic (exact) mass is 337 g/mol. The van der Waals surface area contributed by atoms with Gasteiger partial charge in [-0.2, -0.15) is 0 Å². The van der Waals surface area contributed by atoms with Crippen molar-refractivity contribution in [3.8, 4) is 0 Å². The van der Waals surface area contributed by atoms with Crippen LogP contribution in [-0.4, -0.2) is 0 Å². The van der Waals surface area contributed by atoms with E-state index >= 15 is 0 Å². The Labute approximate surface area is 128 Å². The van der Waals surface area contributed by atoms with Gasteiger partial charge in [-0.15, -0.1) is 0 Å². The average molecular weight is 339 g/mol. The summed E-state index contributed by atoms with van der Waals surface area (Å²) in [6, 6.07) is 12.5. The summed E-state index contributed by atoms with van der Waals surface area (Å²) in [5, 5.41) is 4.29. The van der Waals surface area contributed by atoms with E-state index < -0.39 is 0 Å². The summed E-state index contributed by atoms with van der Waals surface area (Å²) in [6.07, 6.45) is 0. The molecule has 19 heavy (non-hydrogen) atoms. The Morgan fingerprint density at radius 1 is 1.11 bits per heavy atom. The largest absolute Gasteiger partial charge is 0.379 e. The lowest BCUT2D eigenvalue weighted by Crippen LogP contribution is -2.07. The standard InChI is InChI=1S/C16H17BrClN/c1-10-7-15(8-11(2)16(10)17)19-12(3)13-5-4-6-14(18)9-13/h4-9,12,19H,1-3H3. The molecule has 0 amide bonds. The van der Waals surface area contributed by atoms with Gasteiger partial charge < -0.3 is 5.32 Å². The SMILES string of the molecule is Cc1cc(NC(C)c2cccc(Cl)c2)cc(C)c1Br.